The summed E-state index contributed by atoms with van der Waals surface area (Å²) < 4.78 is 0. The second kappa shape index (κ2) is 8.69. The first-order chi connectivity index (χ1) is 15.0. The number of aryl methyl sites for hydroxylation is 1. The number of nitrogens with two attached hydrogens (primary N) is 1. The van der Waals surface area contributed by atoms with E-state index < -0.39 is 29.7 Å². The summed E-state index contributed by atoms with van der Waals surface area (Å²) in [5.41, 5.74) is 8.93. The van der Waals surface area contributed by atoms with E-state index in [4.69, 9.17) is 5.73 Å². The normalized spacial score (nSPS) is 18.2. The molecule has 4 rings (SSSR count). The summed E-state index contributed by atoms with van der Waals surface area (Å²) in [6.45, 7) is 0.985. The number of nitrogens with zero attached hydrogens (tertiary/aromatic N) is 1. The third-order valence-corrected chi connectivity index (χ3v) is 5.63. The van der Waals surface area contributed by atoms with Crippen molar-refractivity contribution in [3.63, 3.8) is 0 Å². The average Bonchev–Trinajstić information content (AvgIpc) is 3.02. The molecule has 31 heavy (non-hydrogen) atoms. The van der Waals surface area contributed by atoms with Gasteiger partial charge in [-0.3, -0.25) is 29.4 Å². The first-order valence-electron chi connectivity index (χ1n) is 10.4. The van der Waals surface area contributed by atoms with Crippen molar-refractivity contribution in [3.05, 3.63) is 64.7 Å². The van der Waals surface area contributed by atoms with Crippen LogP contribution in [0.25, 0.3) is 0 Å². The molecule has 2 heterocycles. The quantitative estimate of drug-likeness (QED) is 0.585. The molecule has 8 heteroatoms. The molecule has 2 aliphatic rings. The van der Waals surface area contributed by atoms with Gasteiger partial charge in [0.2, 0.25) is 11.8 Å². The minimum Gasteiger partial charge on any atom is -0.381 e. The fraction of sp³-hybridized carbons (Fsp3) is 0.304. The second-order valence-corrected chi connectivity index (χ2v) is 7.73. The summed E-state index contributed by atoms with van der Waals surface area (Å²) in [5.74, 6) is -2.00. The van der Waals surface area contributed by atoms with Gasteiger partial charge in [-0.15, -0.1) is 0 Å². The molecule has 160 valence electrons. The van der Waals surface area contributed by atoms with Gasteiger partial charge >= 0.3 is 0 Å². The van der Waals surface area contributed by atoms with Crippen LogP contribution >= 0.6 is 0 Å². The van der Waals surface area contributed by atoms with Crippen LogP contribution in [-0.2, 0) is 22.6 Å². The van der Waals surface area contributed by atoms with E-state index in [1.807, 2.05) is 24.3 Å². The van der Waals surface area contributed by atoms with Crippen LogP contribution in [0.15, 0.2) is 42.5 Å². The molecule has 8 nitrogen and oxygen atoms in total. The molecule has 0 saturated carbocycles. The Morgan fingerprint density at radius 1 is 1.06 bits per heavy atom. The van der Waals surface area contributed by atoms with Gasteiger partial charge in [0.1, 0.15) is 6.04 Å². The molecule has 1 fully saturated rings. The Bertz CT molecular complexity index is 1070. The van der Waals surface area contributed by atoms with E-state index in [-0.39, 0.29) is 18.4 Å². The maximum absolute atomic E-state index is 13.1. The molecule has 2 aromatic carbocycles. The summed E-state index contributed by atoms with van der Waals surface area (Å²) in [6.07, 6.45) is 2.03. The van der Waals surface area contributed by atoms with Crippen LogP contribution in [0.5, 0.6) is 0 Å². The van der Waals surface area contributed by atoms with Crippen LogP contribution in [0.4, 0.5) is 5.69 Å². The minimum atomic E-state index is -0.967. The van der Waals surface area contributed by atoms with Crippen LogP contribution in [0.1, 0.15) is 51.1 Å². The van der Waals surface area contributed by atoms with E-state index in [2.05, 4.69) is 10.6 Å². The molecule has 0 spiro atoms. The van der Waals surface area contributed by atoms with E-state index in [1.54, 1.807) is 18.2 Å². The number of piperidine rings is 1. The number of hydrogen-bond donors (Lipinski definition) is 3. The predicted molar refractivity (Wildman–Crippen MR) is 114 cm³/mol. The molecule has 2 aliphatic heterocycles. The highest BCUT2D eigenvalue weighted by Crippen LogP contribution is 2.30. The number of carbonyl (C=O) groups excluding carboxylic acids is 4. The fourth-order valence-corrected chi connectivity index (χ4v) is 4.07. The van der Waals surface area contributed by atoms with Gasteiger partial charge in [-0.1, -0.05) is 24.3 Å². The van der Waals surface area contributed by atoms with Crippen molar-refractivity contribution in [2.75, 3.05) is 11.9 Å². The van der Waals surface area contributed by atoms with Gasteiger partial charge in [-0.25, -0.2) is 0 Å². The number of hydrogen-bond acceptors (Lipinski definition) is 6. The minimum absolute atomic E-state index is 0.0960. The van der Waals surface area contributed by atoms with E-state index in [0.29, 0.717) is 24.2 Å². The lowest BCUT2D eigenvalue weighted by atomic mass is 10.0. The Morgan fingerprint density at radius 3 is 2.65 bits per heavy atom. The third-order valence-electron chi connectivity index (χ3n) is 5.63. The number of rotatable bonds is 7. The fourth-order valence-electron chi connectivity index (χ4n) is 4.07. The van der Waals surface area contributed by atoms with Crippen LogP contribution in [0.2, 0.25) is 0 Å². The average molecular weight is 420 g/mol. The first-order valence-corrected chi connectivity index (χ1v) is 10.4. The highest BCUT2D eigenvalue weighted by Gasteiger charge is 2.45. The molecule has 4 amide bonds. The van der Waals surface area contributed by atoms with E-state index in [9.17, 15) is 19.2 Å². The highest BCUT2D eigenvalue weighted by molar-refractivity contribution is 6.24. The predicted octanol–water partition coefficient (Wildman–Crippen LogP) is 1.59. The first kappa shape index (κ1) is 20.7. The topological polar surface area (TPSA) is 122 Å². The standard InChI is InChI=1S/C23H24N4O4/c24-11-3-5-14-4-1-7-16(12-14)25-13-15-6-2-8-17-20(15)23(31)27(22(17)30)18-9-10-19(28)26-21(18)29/h1-2,4,6-8,12,18,25H,3,5,9-11,13,24H2,(H,26,28,29). The van der Waals surface area contributed by atoms with Crippen LogP contribution < -0.4 is 16.4 Å². The molecule has 1 saturated heterocycles. The molecule has 1 atom stereocenters. The largest absolute Gasteiger partial charge is 0.381 e. The lowest BCUT2D eigenvalue weighted by molar-refractivity contribution is -0.136. The summed E-state index contributed by atoms with van der Waals surface area (Å²) in [6, 6.07) is 12.1. The molecule has 0 aromatic heterocycles. The Labute approximate surface area is 179 Å². The molecule has 0 radical (unpaired) electrons. The number of imide groups is 2. The maximum atomic E-state index is 13.1. The number of amides is 4. The molecule has 0 aliphatic carbocycles. The molecule has 2 aromatic rings. The number of fused-ring (bicyclic) bond motifs is 1. The van der Waals surface area contributed by atoms with Crippen molar-refractivity contribution in [3.8, 4) is 0 Å². The van der Waals surface area contributed by atoms with Gasteiger partial charge in [0.15, 0.2) is 0 Å². The maximum Gasteiger partial charge on any atom is 0.262 e. The van der Waals surface area contributed by atoms with Crippen molar-refractivity contribution in [2.45, 2.75) is 38.3 Å². The molecule has 1 unspecified atom stereocenters. The lowest BCUT2D eigenvalue weighted by Gasteiger charge is -2.27. The van der Waals surface area contributed by atoms with E-state index in [0.717, 1.165) is 23.4 Å². The Balaban J connectivity index is 1.54. The highest BCUT2D eigenvalue weighted by atomic mass is 16.2. The third kappa shape index (κ3) is 4.06. The van der Waals surface area contributed by atoms with Gasteiger partial charge < -0.3 is 11.1 Å². The molecular weight excluding hydrogens is 396 g/mol. The van der Waals surface area contributed by atoms with Crippen LogP contribution in [0, 0.1) is 0 Å². The zero-order valence-corrected chi connectivity index (χ0v) is 17.0. The van der Waals surface area contributed by atoms with Crippen LogP contribution in [-0.4, -0.2) is 41.1 Å². The van der Waals surface area contributed by atoms with Crippen molar-refractivity contribution >= 4 is 29.3 Å². The Kier molecular flexibility index (Phi) is 5.81. The van der Waals surface area contributed by atoms with E-state index >= 15 is 0 Å². The monoisotopic (exact) mass is 420 g/mol. The SMILES string of the molecule is NCCCc1cccc(NCc2cccc3c2C(=O)N(C2CCC(=O)NC2=O)C3=O)c1. The Hall–Kier alpha value is -3.52. The van der Waals surface area contributed by atoms with Gasteiger partial charge in [0, 0.05) is 18.7 Å². The number of anilines is 1. The molecular formula is C23H24N4O4. The summed E-state index contributed by atoms with van der Waals surface area (Å²) in [7, 11) is 0. The zero-order valence-electron chi connectivity index (χ0n) is 17.0. The number of nitrogens with one attached hydrogen (secondary N) is 2. The summed E-state index contributed by atoms with van der Waals surface area (Å²) in [4.78, 5) is 50.7. The molecule has 4 N–H and O–H groups in total. The second-order valence-electron chi connectivity index (χ2n) is 7.73. The van der Waals surface area contributed by atoms with Crippen molar-refractivity contribution in [1.29, 1.82) is 0 Å². The van der Waals surface area contributed by atoms with Crippen molar-refractivity contribution in [1.82, 2.24) is 10.2 Å². The van der Waals surface area contributed by atoms with Crippen LogP contribution in [0.3, 0.4) is 0 Å². The van der Waals surface area contributed by atoms with Gasteiger partial charge in [0.05, 0.1) is 11.1 Å². The van der Waals surface area contributed by atoms with Gasteiger partial charge in [0.25, 0.3) is 11.8 Å². The Morgan fingerprint density at radius 2 is 1.87 bits per heavy atom. The smallest absolute Gasteiger partial charge is 0.262 e. The summed E-state index contributed by atoms with van der Waals surface area (Å²) in [5, 5.41) is 5.53. The van der Waals surface area contributed by atoms with Gasteiger partial charge in [-0.05, 0) is 55.1 Å². The van der Waals surface area contributed by atoms with Gasteiger partial charge in [-0.2, -0.15) is 0 Å². The number of benzene rings is 2. The molecule has 0 bridgehead atoms. The zero-order chi connectivity index (χ0) is 22.0. The van der Waals surface area contributed by atoms with E-state index in [1.165, 1.54) is 5.56 Å². The van der Waals surface area contributed by atoms with Crippen molar-refractivity contribution in [2.24, 2.45) is 5.73 Å². The lowest BCUT2D eigenvalue weighted by Crippen LogP contribution is -2.54. The summed E-state index contributed by atoms with van der Waals surface area (Å²) >= 11 is 0. The van der Waals surface area contributed by atoms with Crippen molar-refractivity contribution < 1.29 is 19.2 Å². The number of carbonyl (C=O) groups is 4.